The second-order valence-electron chi connectivity index (χ2n) is 22.5. The van der Waals surface area contributed by atoms with Crippen molar-refractivity contribution in [2.24, 2.45) is 0 Å². The summed E-state index contributed by atoms with van der Waals surface area (Å²) in [5.74, 6) is -0.191. The van der Waals surface area contributed by atoms with Crippen molar-refractivity contribution < 1.29 is 39.8 Å². The van der Waals surface area contributed by atoms with E-state index in [1.54, 1.807) is 6.08 Å². The third-order valence-corrected chi connectivity index (χ3v) is 15.0. The maximum Gasteiger partial charge on any atom is 0.220 e. The van der Waals surface area contributed by atoms with Gasteiger partial charge >= 0.3 is 0 Å². The van der Waals surface area contributed by atoms with Gasteiger partial charge in [-0.05, 0) is 103 Å². The highest BCUT2D eigenvalue weighted by Crippen LogP contribution is 2.23. The number of amides is 1. The fourth-order valence-electron chi connectivity index (χ4n) is 9.75. The molecule has 7 atom stereocenters. The SMILES string of the molecule is CC/C=C\C/C=C\C/C=C\C/C=C\C/C=C\C/C=C\C/C=C\C/C=C\C/C=C\CCCCCCCCCCCCCCCC(=O)NC(COC1OC(CO)C(O)C(O)C1O)C(O)/C=C/CC/C=C/CCCCCCCCCCCCCC. The number of carbonyl (C=O) groups excluding carboxylic acids is 1. The van der Waals surface area contributed by atoms with Crippen LogP contribution in [0.4, 0.5) is 0 Å². The fraction of sp³-hybridized carbons (Fsp3) is 0.685. The Hall–Kier alpha value is -3.67. The number of aliphatic hydroxyl groups excluding tert-OH is 5. The summed E-state index contributed by atoms with van der Waals surface area (Å²) in [6.07, 6.45) is 85.4. The zero-order valence-electron chi connectivity index (χ0n) is 52.2. The monoisotopic (exact) mass is 1140 g/mol. The maximum absolute atomic E-state index is 13.1. The van der Waals surface area contributed by atoms with Crippen LogP contribution in [0.15, 0.2) is 134 Å². The number of hydrogen-bond donors (Lipinski definition) is 6. The van der Waals surface area contributed by atoms with Gasteiger partial charge in [-0.2, -0.15) is 0 Å². The lowest BCUT2D eigenvalue weighted by Gasteiger charge is -2.40. The Balaban J connectivity index is 2.13. The van der Waals surface area contributed by atoms with Crippen LogP contribution in [-0.2, 0) is 14.3 Å². The average molecular weight is 1140 g/mol. The minimum atomic E-state index is -1.58. The average Bonchev–Trinajstić information content (AvgIpc) is 3.57. The van der Waals surface area contributed by atoms with Crippen LogP contribution in [0, 0.1) is 0 Å². The molecule has 0 aliphatic carbocycles. The molecule has 0 spiro atoms. The molecule has 0 radical (unpaired) electrons. The maximum atomic E-state index is 13.1. The van der Waals surface area contributed by atoms with Crippen LogP contribution in [0.25, 0.3) is 0 Å². The van der Waals surface area contributed by atoms with Gasteiger partial charge in [0.25, 0.3) is 0 Å². The summed E-state index contributed by atoms with van der Waals surface area (Å²) >= 11 is 0. The number of ether oxygens (including phenoxy) is 2. The Morgan fingerprint density at radius 2 is 0.768 bits per heavy atom. The largest absolute Gasteiger partial charge is 0.394 e. The van der Waals surface area contributed by atoms with Crippen molar-refractivity contribution in [2.75, 3.05) is 13.2 Å². The number of unbranched alkanes of at least 4 members (excludes halogenated alkanes) is 26. The van der Waals surface area contributed by atoms with Crippen LogP contribution in [0.1, 0.15) is 264 Å². The van der Waals surface area contributed by atoms with Crippen molar-refractivity contribution >= 4 is 5.91 Å². The van der Waals surface area contributed by atoms with E-state index in [4.69, 9.17) is 9.47 Å². The minimum absolute atomic E-state index is 0.191. The van der Waals surface area contributed by atoms with Gasteiger partial charge in [-0.3, -0.25) is 4.79 Å². The third-order valence-electron chi connectivity index (χ3n) is 15.0. The molecule has 6 N–H and O–H groups in total. The van der Waals surface area contributed by atoms with E-state index < -0.39 is 49.5 Å². The Morgan fingerprint density at radius 1 is 0.427 bits per heavy atom. The minimum Gasteiger partial charge on any atom is -0.394 e. The van der Waals surface area contributed by atoms with Gasteiger partial charge in [0.05, 0.1) is 25.4 Å². The van der Waals surface area contributed by atoms with E-state index >= 15 is 0 Å². The summed E-state index contributed by atoms with van der Waals surface area (Å²) in [5.41, 5.74) is 0. The molecular weight excluding hydrogens is 1020 g/mol. The normalized spacial score (nSPS) is 19.2. The van der Waals surface area contributed by atoms with Crippen LogP contribution >= 0.6 is 0 Å². The molecule has 0 aromatic heterocycles. The topological polar surface area (TPSA) is 149 Å². The molecule has 1 saturated heterocycles. The number of nitrogens with one attached hydrogen (secondary N) is 1. The Morgan fingerprint density at radius 3 is 1.17 bits per heavy atom. The van der Waals surface area contributed by atoms with Crippen molar-refractivity contribution in [3.63, 3.8) is 0 Å². The van der Waals surface area contributed by atoms with E-state index in [2.05, 4.69) is 141 Å². The molecule has 7 unspecified atom stereocenters. The highest BCUT2D eigenvalue weighted by molar-refractivity contribution is 5.76. The lowest BCUT2D eigenvalue weighted by molar-refractivity contribution is -0.302. The summed E-state index contributed by atoms with van der Waals surface area (Å²) in [6, 6.07) is -0.831. The molecule has 1 amide bonds. The first-order valence-corrected chi connectivity index (χ1v) is 33.4. The molecule has 9 nitrogen and oxygen atoms in total. The number of carbonyl (C=O) groups is 1. The molecule has 0 aromatic rings. The highest BCUT2D eigenvalue weighted by atomic mass is 16.7. The van der Waals surface area contributed by atoms with E-state index in [1.807, 2.05) is 6.08 Å². The predicted octanol–water partition coefficient (Wildman–Crippen LogP) is 18.0. The summed E-state index contributed by atoms with van der Waals surface area (Å²) in [7, 11) is 0. The van der Waals surface area contributed by atoms with E-state index in [-0.39, 0.29) is 12.5 Å². The van der Waals surface area contributed by atoms with Gasteiger partial charge in [0.1, 0.15) is 24.4 Å². The first-order chi connectivity index (χ1) is 40.3. The standard InChI is InChI=1S/C73H123NO8/c1-3-5-7-9-11-13-15-17-19-21-23-24-25-26-27-28-29-30-31-32-33-34-35-36-37-38-39-40-41-42-43-44-45-47-49-51-53-55-57-59-61-63-69(77)74-66(65-81-73-72(80)71(79)70(78)68(64-75)82-73)67(76)62-60-58-56-54-52-50-48-46-22-20-18-16-14-12-10-8-6-4-2/h5,7,11,13,17,19,23-24,26-27,29-30,32-33,35-36,38-39,52,54,60,62,66-68,70-73,75-76,78-80H,3-4,6,8-10,12,14-16,18,20-22,25,28,31,34,37,40-51,53,55-59,61,63-65H2,1-2H3,(H,74,77)/b7-5-,13-11-,19-17-,24-23-,27-26-,30-29-,33-32-,36-35-,39-38-,54-52+,62-60+. The van der Waals surface area contributed by atoms with Crippen LogP contribution in [-0.4, -0.2) is 87.5 Å². The molecule has 0 aromatic carbocycles. The van der Waals surface area contributed by atoms with Gasteiger partial charge in [0, 0.05) is 6.42 Å². The van der Waals surface area contributed by atoms with Crippen molar-refractivity contribution in [1.29, 1.82) is 0 Å². The van der Waals surface area contributed by atoms with Crippen molar-refractivity contribution in [1.82, 2.24) is 5.32 Å². The molecule has 9 heteroatoms. The highest BCUT2D eigenvalue weighted by Gasteiger charge is 2.44. The summed E-state index contributed by atoms with van der Waals surface area (Å²) in [4.78, 5) is 13.1. The molecular formula is C73H123NO8. The first kappa shape index (κ1) is 76.3. The fourth-order valence-corrected chi connectivity index (χ4v) is 9.75. The van der Waals surface area contributed by atoms with E-state index in [9.17, 15) is 30.3 Å². The smallest absolute Gasteiger partial charge is 0.220 e. The summed E-state index contributed by atoms with van der Waals surface area (Å²) in [6.45, 7) is 3.65. The molecule has 82 heavy (non-hydrogen) atoms. The molecule has 1 fully saturated rings. The number of allylic oxidation sites excluding steroid dienone is 21. The molecule has 1 rings (SSSR count). The zero-order chi connectivity index (χ0) is 59.3. The Labute approximate surface area is 502 Å². The third kappa shape index (κ3) is 48.7. The lowest BCUT2D eigenvalue weighted by atomic mass is 9.99. The van der Waals surface area contributed by atoms with Gasteiger partial charge in [0.15, 0.2) is 6.29 Å². The molecule has 0 bridgehead atoms. The van der Waals surface area contributed by atoms with Gasteiger partial charge < -0.3 is 40.3 Å². The second kappa shape index (κ2) is 60.5. The van der Waals surface area contributed by atoms with Gasteiger partial charge in [-0.1, -0.05) is 289 Å². The van der Waals surface area contributed by atoms with Crippen molar-refractivity contribution in [3.05, 3.63) is 134 Å². The molecule has 468 valence electrons. The number of rotatable bonds is 56. The number of aliphatic hydroxyl groups is 5. The molecule has 0 saturated carbocycles. The van der Waals surface area contributed by atoms with Gasteiger partial charge in [-0.25, -0.2) is 0 Å². The van der Waals surface area contributed by atoms with Crippen LogP contribution in [0.3, 0.4) is 0 Å². The van der Waals surface area contributed by atoms with Crippen LogP contribution < -0.4 is 5.32 Å². The van der Waals surface area contributed by atoms with E-state index in [1.165, 1.54) is 148 Å². The van der Waals surface area contributed by atoms with Gasteiger partial charge in [-0.15, -0.1) is 0 Å². The van der Waals surface area contributed by atoms with Gasteiger partial charge in [0.2, 0.25) is 5.91 Å². The molecule has 1 aliphatic heterocycles. The quantitative estimate of drug-likeness (QED) is 0.0261. The van der Waals surface area contributed by atoms with E-state index in [0.717, 1.165) is 96.3 Å². The van der Waals surface area contributed by atoms with Crippen molar-refractivity contribution in [3.8, 4) is 0 Å². The van der Waals surface area contributed by atoms with Crippen molar-refractivity contribution in [2.45, 2.75) is 307 Å². The zero-order valence-corrected chi connectivity index (χ0v) is 52.2. The Kier molecular flexibility index (Phi) is 56.3. The first-order valence-electron chi connectivity index (χ1n) is 33.4. The Bertz CT molecular complexity index is 1750. The molecule has 1 heterocycles. The van der Waals surface area contributed by atoms with Crippen LogP contribution in [0.5, 0.6) is 0 Å². The summed E-state index contributed by atoms with van der Waals surface area (Å²) < 4.78 is 11.3. The number of hydrogen-bond acceptors (Lipinski definition) is 8. The van der Waals surface area contributed by atoms with Crippen LogP contribution in [0.2, 0.25) is 0 Å². The lowest BCUT2D eigenvalue weighted by Crippen LogP contribution is -2.60. The predicted molar refractivity (Wildman–Crippen MR) is 350 cm³/mol. The second-order valence-corrected chi connectivity index (χ2v) is 22.5. The molecule has 1 aliphatic rings. The summed E-state index contributed by atoms with van der Waals surface area (Å²) in [5, 5.41) is 54.6. The van der Waals surface area contributed by atoms with E-state index in [0.29, 0.717) is 6.42 Å².